The number of methoxy groups -OCH3 is 1. The standard InChI is InChI=1S/C10H10N2O4/c1-16-7-4-5(2-3-6(7)13)8-9(14)12-10(15)11-8/h2-4,8,13H,1H3,(H2,11,12,14,15). The highest BCUT2D eigenvalue weighted by Gasteiger charge is 2.31. The van der Waals surface area contributed by atoms with Crippen molar-refractivity contribution in [2.45, 2.75) is 6.04 Å². The van der Waals surface area contributed by atoms with Crippen LogP contribution in [-0.4, -0.2) is 24.2 Å². The Balaban J connectivity index is 2.34. The summed E-state index contributed by atoms with van der Waals surface area (Å²) in [5, 5.41) is 14.0. The van der Waals surface area contributed by atoms with Crippen molar-refractivity contribution in [2.75, 3.05) is 7.11 Å². The predicted octanol–water partition coefficient (Wildman–Crippen LogP) is 0.281. The summed E-state index contributed by atoms with van der Waals surface area (Å²) in [6, 6.07) is 3.20. The zero-order valence-electron chi connectivity index (χ0n) is 8.48. The second kappa shape index (κ2) is 3.73. The molecule has 0 aliphatic carbocycles. The highest BCUT2D eigenvalue weighted by Crippen LogP contribution is 2.29. The van der Waals surface area contributed by atoms with Crippen molar-refractivity contribution in [1.29, 1.82) is 0 Å². The molecule has 0 radical (unpaired) electrons. The number of nitrogens with one attached hydrogen (secondary N) is 2. The number of hydrogen-bond acceptors (Lipinski definition) is 4. The number of rotatable bonds is 2. The summed E-state index contributed by atoms with van der Waals surface area (Å²) in [6.45, 7) is 0. The summed E-state index contributed by atoms with van der Waals surface area (Å²) in [6.07, 6.45) is 0. The summed E-state index contributed by atoms with van der Waals surface area (Å²) < 4.78 is 4.91. The van der Waals surface area contributed by atoms with Gasteiger partial charge in [0.1, 0.15) is 6.04 Å². The van der Waals surface area contributed by atoms with Crippen molar-refractivity contribution in [3.05, 3.63) is 23.8 Å². The van der Waals surface area contributed by atoms with E-state index in [-0.39, 0.29) is 11.5 Å². The van der Waals surface area contributed by atoms with E-state index in [0.29, 0.717) is 5.56 Å². The first kappa shape index (κ1) is 10.3. The molecule has 1 aromatic rings. The molecule has 6 nitrogen and oxygen atoms in total. The maximum Gasteiger partial charge on any atom is 0.322 e. The smallest absolute Gasteiger partial charge is 0.322 e. The Morgan fingerprint density at radius 3 is 2.69 bits per heavy atom. The summed E-state index contributed by atoms with van der Waals surface area (Å²) in [7, 11) is 1.41. The maximum atomic E-state index is 11.4. The lowest BCUT2D eigenvalue weighted by atomic mass is 10.1. The monoisotopic (exact) mass is 222 g/mol. The Labute approximate surface area is 91.2 Å². The third kappa shape index (κ3) is 1.65. The summed E-state index contributed by atoms with van der Waals surface area (Å²) in [5.74, 6) is -0.180. The van der Waals surface area contributed by atoms with Crippen LogP contribution in [0.2, 0.25) is 0 Å². The molecule has 1 aliphatic rings. The lowest BCUT2D eigenvalue weighted by molar-refractivity contribution is -0.120. The minimum atomic E-state index is -0.734. The van der Waals surface area contributed by atoms with Gasteiger partial charge < -0.3 is 15.2 Å². The normalized spacial score (nSPS) is 19.2. The van der Waals surface area contributed by atoms with Gasteiger partial charge in [0, 0.05) is 0 Å². The van der Waals surface area contributed by atoms with Gasteiger partial charge in [0.25, 0.3) is 5.91 Å². The van der Waals surface area contributed by atoms with Gasteiger partial charge in [-0.05, 0) is 17.7 Å². The van der Waals surface area contributed by atoms with Gasteiger partial charge in [0.05, 0.1) is 7.11 Å². The van der Waals surface area contributed by atoms with Crippen LogP contribution in [-0.2, 0) is 4.79 Å². The van der Waals surface area contributed by atoms with E-state index in [1.807, 2.05) is 0 Å². The molecule has 3 N–H and O–H groups in total. The Morgan fingerprint density at radius 1 is 1.38 bits per heavy atom. The molecule has 16 heavy (non-hydrogen) atoms. The third-order valence-corrected chi connectivity index (χ3v) is 2.31. The van der Waals surface area contributed by atoms with Gasteiger partial charge in [-0.1, -0.05) is 6.07 Å². The van der Waals surface area contributed by atoms with Crippen LogP contribution in [0.15, 0.2) is 18.2 Å². The summed E-state index contributed by atoms with van der Waals surface area (Å²) in [5.41, 5.74) is 0.554. The fraction of sp³-hybridized carbons (Fsp3) is 0.200. The van der Waals surface area contributed by atoms with Gasteiger partial charge in [0.15, 0.2) is 11.5 Å². The van der Waals surface area contributed by atoms with Crippen LogP contribution in [0.1, 0.15) is 11.6 Å². The van der Waals surface area contributed by atoms with Crippen molar-refractivity contribution in [1.82, 2.24) is 10.6 Å². The van der Waals surface area contributed by atoms with E-state index < -0.39 is 18.0 Å². The number of carbonyl (C=O) groups excluding carboxylic acids is 2. The van der Waals surface area contributed by atoms with E-state index in [2.05, 4.69) is 10.6 Å². The van der Waals surface area contributed by atoms with E-state index in [1.54, 1.807) is 6.07 Å². The summed E-state index contributed by atoms with van der Waals surface area (Å²) in [4.78, 5) is 22.3. The molecular formula is C10H10N2O4. The van der Waals surface area contributed by atoms with Gasteiger partial charge in [-0.3, -0.25) is 10.1 Å². The molecule has 1 aromatic carbocycles. The number of benzene rings is 1. The number of imide groups is 1. The average Bonchev–Trinajstić information content (AvgIpc) is 2.59. The first-order valence-electron chi connectivity index (χ1n) is 4.60. The topological polar surface area (TPSA) is 87.7 Å². The van der Waals surface area contributed by atoms with Crippen molar-refractivity contribution in [2.24, 2.45) is 0 Å². The molecule has 0 spiro atoms. The second-order valence-corrected chi connectivity index (χ2v) is 3.33. The molecule has 1 unspecified atom stereocenters. The van der Waals surface area contributed by atoms with Crippen molar-refractivity contribution < 1.29 is 19.4 Å². The van der Waals surface area contributed by atoms with E-state index in [4.69, 9.17) is 4.74 Å². The van der Waals surface area contributed by atoms with Crippen molar-refractivity contribution in [3.8, 4) is 11.5 Å². The number of aromatic hydroxyl groups is 1. The Morgan fingerprint density at radius 2 is 2.12 bits per heavy atom. The van der Waals surface area contributed by atoms with Gasteiger partial charge >= 0.3 is 6.03 Å². The molecule has 0 aromatic heterocycles. The maximum absolute atomic E-state index is 11.4. The fourth-order valence-electron chi connectivity index (χ4n) is 1.53. The molecule has 0 bridgehead atoms. The zero-order chi connectivity index (χ0) is 11.7. The van der Waals surface area contributed by atoms with Crippen LogP contribution in [0.5, 0.6) is 11.5 Å². The van der Waals surface area contributed by atoms with Crippen molar-refractivity contribution in [3.63, 3.8) is 0 Å². The number of hydrogen-bond donors (Lipinski definition) is 3. The van der Waals surface area contributed by atoms with E-state index >= 15 is 0 Å². The molecule has 6 heteroatoms. The number of amides is 3. The molecular weight excluding hydrogens is 212 g/mol. The van der Waals surface area contributed by atoms with E-state index in [1.165, 1.54) is 19.2 Å². The van der Waals surface area contributed by atoms with E-state index in [0.717, 1.165) is 0 Å². The lowest BCUT2D eigenvalue weighted by Gasteiger charge is -2.10. The van der Waals surface area contributed by atoms with Crippen LogP contribution in [0.3, 0.4) is 0 Å². The highest BCUT2D eigenvalue weighted by molar-refractivity contribution is 6.04. The molecule has 1 aliphatic heterocycles. The number of urea groups is 1. The minimum Gasteiger partial charge on any atom is -0.504 e. The van der Waals surface area contributed by atoms with Gasteiger partial charge in [-0.25, -0.2) is 4.79 Å². The van der Waals surface area contributed by atoms with Gasteiger partial charge in [-0.15, -0.1) is 0 Å². The predicted molar refractivity (Wildman–Crippen MR) is 54.1 cm³/mol. The van der Waals surface area contributed by atoms with Gasteiger partial charge in [-0.2, -0.15) is 0 Å². The van der Waals surface area contributed by atoms with Crippen LogP contribution < -0.4 is 15.4 Å². The zero-order valence-corrected chi connectivity index (χ0v) is 8.48. The fourth-order valence-corrected chi connectivity index (χ4v) is 1.53. The quantitative estimate of drug-likeness (QED) is 0.627. The first-order chi connectivity index (χ1) is 7.61. The Hall–Kier alpha value is -2.24. The van der Waals surface area contributed by atoms with E-state index in [9.17, 15) is 14.7 Å². The molecule has 1 saturated heterocycles. The third-order valence-electron chi connectivity index (χ3n) is 2.31. The van der Waals surface area contributed by atoms with Crippen LogP contribution in [0.4, 0.5) is 4.79 Å². The van der Waals surface area contributed by atoms with Crippen LogP contribution in [0, 0.1) is 0 Å². The minimum absolute atomic E-state index is 0.0176. The number of ether oxygens (including phenoxy) is 1. The van der Waals surface area contributed by atoms with Gasteiger partial charge in [0.2, 0.25) is 0 Å². The number of carbonyl (C=O) groups is 2. The first-order valence-corrected chi connectivity index (χ1v) is 4.60. The number of phenols is 1. The highest BCUT2D eigenvalue weighted by atomic mass is 16.5. The molecule has 3 amide bonds. The lowest BCUT2D eigenvalue weighted by Crippen LogP contribution is -2.22. The molecule has 1 fully saturated rings. The SMILES string of the molecule is COc1cc(C2NC(=O)NC2=O)ccc1O. The molecule has 0 saturated carbocycles. The molecule has 1 heterocycles. The second-order valence-electron chi connectivity index (χ2n) is 3.33. The molecule has 2 rings (SSSR count). The van der Waals surface area contributed by atoms with Crippen LogP contribution >= 0.6 is 0 Å². The molecule has 1 atom stereocenters. The largest absolute Gasteiger partial charge is 0.504 e. The Kier molecular flexibility index (Phi) is 2.40. The molecule has 84 valence electrons. The number of phenolic OH excluding ortho intramolecular Hbond substituents is 1. The van der Waals surface area contributed by atoms with Crippen LogP contribution in [0.25, 0.3) is 0 Å². The Bertz CT molecular complexity index is 458. The van der Waals surface area contributed by atoms with Crippen molar-refractivity contribution >= 4 is 11.9 Å². The average molecular weight is 222 g/mol. The summed E-state index contributed by atoms with van der Waals surface area (Å²) >= 11 is 0.